The quantitative estimate of drug-likeness (QED) is 0.409. The molecule has 0 aromatic carbocycles. The summed E-state index contributed by atoms with van der Waals surface area (Å²) in [5.41, 5.74) is 0. The van der Waals surface area contributed by atoms with Crippen LogP contribution in [0.4, 0.5) is 26.3 Å². The van der Waals surface area contributed by atoms with Crippen molar-refractivity contribution in [1.29, 1.82) is 0 Å². The minimum absolute atomic E-state index is 2.65. The van der Waals surface area contributed by atoms with Gasteiger partial charge in [0.2, 0.25) is 0 Å². The lowest BCUT2D eigenvalue weighted by atomic mass is 10.3. The molecule has 66 valence electrons. The summed E-state index contributed by atoms with van der Waals surface area (Å²) in [6.07, 6.45) is -15.1. The van der Waals surface area contributed by atoms with Crippen molar-refractivity contribution in [2.45, 2.75) is 24.6 Å². The highest BCUT2D eigenvalue weighted by Crippen LogP contribution is 2.45. The Hall–Kier alpha value is -0.460. The van der Waals surface area contributed by atoms with Crippen LogP contribution in [-0.2, 0) is 4.74 Å². The molecule has 0 spiro atoms. The fraction of sp³-hybridized carbons (Fsp3) is 1.00. The monoisotopic (exact) mass is 180 g/mol. The highest BCUT2D eigenvalue weighted by atomic mass is 19.4. The van der Waals surface area contributed by atoms with Crippen molar-refractivity contribution in [3.05, 3.63) is 0 Å². The first-order valence-electron chi connectivity index (χ1n) is 2.52. The van der Waals surface area contributed by atoms with Crippen LogP contribution in [0.5, 0.6) is 0 Å². The largest absolute Gasteiger partial charge is 0.417 e. The predicted octanol–water partition coefficient (Wildman–Crippen LogP) is 1.88. The minimum Gasteiger partial charge on any atom is -0.350 e. The third-order valence-corrected chi connectivity index (χ3v) is 1.14. The van der Waals surface area contributed by atoms with Gasteiger partial charge in [-0.3, -0.25) is 0 Å². The Kier molecular flexibility index (Phi) is 1.59. The van der Waals surface area contributed by atoms with E-state index in [1.54, 1.807) is 0 Å². The summed E-state index contributed by atoms with van der Waals surface area (Å²) < 4.78 is 71.8. The fourth-order valence-electron chi connectivity index (χ4n) is 0.610. The van der Waals surface area contributed by atoms with E-state index < -0.39 is 24.6 Å². The Morgan fingerprint density at radius 1 is 0.727 bits per heavy atom. The molecule has 0 aromatic rings. The minimum atomic E-state index is -4.90. The van der Waals surface area contributed by atoms with Gasteiger partial charge < -0.3 is 4.74 Å². The van der Waals surface area contributed by atoms with E-state index in [1.807, 2.05) is 0 Å². The summed E-state index contributed by atoms with van der Waals surface area (Å²) in [5, 5.41) is 0. The third kappa shape index (κ3) is 1.76. The van der Waals surface area contributed by atoms with E-state index >= 15 is 0 Å². The number of hydrogen-bond acceptors (Lipinski definition) is 1. The SMILES string of the molecule is FC(F)(F)C1OC1C(F)(F)F. The number of halogens is 6. The summed E-state index contributed by atoms with van der Waals surface area (Å²) in [6.45, 7) is 0. The van der Waals surface area contributed by atoms with Crippen LogP contribution in [0.15, 0.2) is 0 Å². The number of hydrogen-bond donors (Lipinski definition) is 0. The molecule has 11 heavy (non-hydrogen) atoms. The predicted molar refractivity (Wildman–Crippen MR) is 20.8 cm³/mol. The third-order valence-electron chi connectivity index (χ3n) is 1.14. The van der Waals surface area contributed by atoms with Crippen molar-refractivity contribution in [2.75, 3.05) is 0 Å². The maximum absolute atomic E-state index is 11.4. The van der Waals surface area contributed by atoms with Crippen molar-refractivity contribution in [2.24, 2.45) is 0 Å². The molecule has 1 aliphatic rings. The molecule has 0 aromatic heterocycles. The van der Waals surface area contributed by atoms with Crippen LogP contribution in [0, 0.1) is 0 Å². The van der Waals surface area contributed by atoms with Crippen molar-refractivity contribution < 1.29 is 31.1 Å². The maximum atomic E-state index is 11.4. The standard InChI is InChI=1S/C4H2F6O/c5-3(6,7)1-2(11-1)4(8,9)10/h1-2H. The summed E-state index contributed by atoms with van der Waals surface area (Å²) in [6, 6.07) is 0. The lowest BCUT2D eigenvalue weighted by Crippen LogP contribution is -2.26. The molecule has 1 rings (SSSR count). The first kappa shape index (κ1) is 8.63. The average Bonchev–Trinajstić information content (AvgIpc) is 2.30. The number of alkyl halides is 6. The summed E-state index contributed by atoms with van der Waals surface area (Å²) in [7, 11) is 0. The van der Waals surface area contributed by atoms with Crippen LogP contribution in [0.2, 0.25) is 0 Å². The Labute approximate surface area is 56.9 Å². The molecule has 0 saturated carbocycles. The zero-order valence-electron chi connectivity index (χ0n) is 4.83. The van der Waals surface area contributed by atoms with Crippen molar-refractivity contribution in [1.82, 2.24) is 0 Å². The molecular weight excluding hydrogens is 178 g/mol. The van der Waals surface area contributed by atoms with E-state index in [0.29, 0.717) is 0 Å². The van der Waals surface area contributed by atoms with E-state index in [2.05, 4.69) is 4.74 Å². The van der Waals surface area contributed by atoms with Crippen LogP contribution in [0.25, 0.3) is 0 Å². The van der Waals surface area contributed by atoms with Crippen LogP contribution >= 0.6 is 0 Å². The molecule has 1 saturated heterocycles. The molecule has 1 heterocycles. The van der Waals surface area contributed by atoms with Crippen LogP contribution in [-0.4, -0.2) is 24.6 Å². The van der Waals surface area contributed by atoms with E-state index in [9.17, 15) is 26.3 Å². The molecule has 0 radical (unpaired) electrons. The smallest absolute Gasteiger partial charge is 0.350 e. The van der Waals surface area contributed by atoms with Crippen molar-refractivity contribution in [3.8, 4) is 0 Å². The first-order valence-corrected chi connectivity index (χ1v) is 2.52. The lowest BCUT2D eigenvalue weighted by Gasteiger charge is -2.02. The molecule has 7 heteroatoms. The van der Waals surface area contributed by atoms with Crippen molar-refractivity contribution >= 4 is 0 Å². The normalized spacial score (nSPS) is 32.2. The van der Waals surface area contributed by atoms with Gasteiger partial charge in [0, 0.05) is 0 Å². The van der Waals surface area contributed by atoms with Gasteiger partial charge >= 0.3 is 12.4 Å². The number of rotatable bonds is 0. The van der Waals surface area contributed by atoms with Crippen LogP contribution in [0.1, 0.15) is 0 Å². The molecule has 0 bridgehead atoms. The Balaban J connectivity index is 2.51. The molecule has 1 nitrogen and oxygen atoms in total. The Bertz CT molecular complexity index is 139. The Morgan fingerprint density at radius 3 is 1.09 bits per heavy atom. The summed E-state index contributed by atoms with van der Waals surface area (Å²) in [4.78, 5) is 0. The first-order chi connectivity index (χ1) is 4.73. The van der Waals surface area contributed by atoms with E-state index in [1.165, 1.54) is 0 Å². The molecule has 2 atom stereocenters. The fourth-order valence-corrected chi connectivity index (χ4v) is 0.610. The van der Waals surface area contributed by atoms with Gasteiger partial charge in [0.1, 0.15) is 0 Å². The zero-order chi connectivity index (χ0) is 8.86. The summed E-state index contributed by atoms with van der Waals surface area (Å²) >= 11 is 0. The molecule has 2 unspecified atom stereocenters. The summed E-state index contributed by atoms with van der Waals surface area (Å²) in [5.74, 6) is 0. The molecule has 0 amide bonds. The van der Waals surface area contributed by atoms with E-state index in [-0.39, 0.29) is 0 Å². The number of epoxide rings is 1. The molecular formula is C4H2F6O. The molecule has 0 N–H and O–H groups in total. The van der Waals surface area contributed by atoms with Gasteiger partial charge in [-0.2, -0.15) is 26.3 Å². The Morgan fingerprint density at radius 2 is 1.00 bits per heavy atom. The van der Waals surface area contributed by atoms with Gasteiger partial charge in [-0.1, -0.05) is 0 Å². The average molecular weight is 180 g/mol. The van der Waals surface area contributed by atoms with Crippen molar-refractivity contribution in [3.63, 3.8) is 0 Å². The van der Waals surface area contributed by atoms with Gasteiger partial charge in [-0.05, 0) is 0 Å². The maximum Gasteiger partial charge on any atom is 0.417 e. The molecule has 0 aliphatic carbocycles. The van der Waals surface area contributed by atoms with Gasteiger partial charge in [-0.25, -0.2) is 0 Å². The topological polar surface area (TPSA) is 12.5 Å². The zero-order valence-corrected chi connectivity index (χ0v) is 4.83. The van der Waals surface area contributed by atoms with E-state index in [4.69, 9.17) is 0 Å². The second-order valence-electron chi connectivity index (χ2n) is 2.06. The van der Waals surface area contributed by atoms with Gasteiger partial charge in [-0.15, -0.1) is 0 Å². The molecule has 1 aliphatic heterocycles. The number of ether oxygens (including phenoxy) is 1. The van der Waals surface area contributed by atoms with Gasteiger partial charge in [0.05, 0.1) is 0 Å². The van der Waals surface area contributed by atoms with Gasteiger partial charge in [0.15, 0.2) is 12.2 Å². The second-order valence-corrected chi connectivity index (χ2v) is 2.06. The van der Waals surface area contributed by atoms with E-state index in [0.717, 1.165) is 0 Å². The van der Waals surface area contributed by atoms with Gasteiger partial charge in [0.25, 0.3) is 0 Å². The highest BCUT2D eigenvalue weighted by molar-refractivity contribution is 4.95. The highest BCUT2D eigenvalue weighted by Gasteiger charge is 2.68. The molecule has 1 fully saturated rings. The van der Waals surface area contributed by atoms with Crippen LogP contribution in [0.3, 0.4) is 0 Å². The van der Waals surface area contributed by atoms with Crippen LogP contribution < -0.4 is 0 Å². The second kappa shape index (κ2) is 2.02. The lowest BCUT2D eigenvalue weighted by molar-refractivity contribution is -0.160.